The lowest BCUT2D eigenvalue weighted by atomic mass is 10.0. The maximum absolute atomic E-state index is 13.1. The van der Waals surface area contributed by atoms with Gasteiger partial charge in [0.05, 0.1) is 12.7 Å². The summed E-state index contributed by atoms with van der Waals surface area (Å²) < 4.78 is 14.6. The molecule has 0 bridgehead atoms. The monoisotopic (exact) mass is 325 g/mol. The molecule has 1 aromatic carbocycles. The van der Waals surface area contributed by atoms with Crippen molar-refractivity contribution in [3.05, 3.63) is 47.5 Å². The number of nitrogens with one attached hydrogen (secondary N) is 2. The fraction of sp³-hybridized carbons (Fsp3) is 0.357. The molecule has 0 radical (unpaired) electrons. The first-order valence-corrected chi connectivity index (χ1v) is 6.84. The average Bonchev–Trinajstić information content (AvgIpc) is 2.85. The second-order valence-corrected chi connectivity index (χ2v) is 5.17. The van der Waals surface area contributed by atoms with Crippen molar-refractivity contribution in [2.45, 2.75) is 6.54 Å². The molecule has 1 saturated heterocycles. The minimum Gasteiger partial charge on any atom is -0.350 e. The summed E-state index contributed by atoms with van der Waals surface area (Å²) >= 11 is 0. The zero-order valence-corrected chi connectivity index (χ0v) is 12.6. The average molecular weight is 326 g/mol. The summed E-state index contributed by atoms with van der Waals surface area (Å²) in [5.74, 6) is -0.0247. The number of hydrogen-bond acceptors (Lipinski definition) is 4. The van der Waals surface area contributed by atoms with E-state index >= 15 is 0 Å². The largest absolute Gasteiger partial charge is 0.350 e. The van der Waals surface area contributed by atoms with Crippen LogP contribution in [0.1, 0.15) is 16.1 Å². The zero-order valence-electron chi connectivity index (χ0n) is 11.8. The van der Waals surface area contributed by atoms with Crippen molar-refractivity contribution >= 4 is 18.3 Å². The molecule has 1 aliphatic heterocycles. The Bertz CT molecular complexity index is 644. The molecule has 2 aromatic rings. The Labute approximate surface area is 133 Å². The van der Waals surface area contributed by atoms with Crippen molar-refractivity contribution in [1.29, 1.82) is 0 Å². The van der Waals surface area contributed by atoms with Crippen molar-refractivity contribution in [3.8, 4) is 0 Å². The fourth-order valence-electron chi connectivity index (χ4n) is 2.12. The summed E-state index contributed by atoms with van der Waals surface area (Å²) in [5, 5.41) is 13.7. The lowest BCUT2D eigenvalue weighted by Gasteiger charge is -2.26. The molecule has 2 heterocycles. The Morgan fingerprint density at radius 2 is 2.27 bits per heavy atom. The van der Waals surface area contributed by atoms with Crippen LogP contribution in [0, 0.1) is 11.7 Å². The third kappa shape index (κ3) is 4.02. The summed E-state index contributed by atoms with van der Waals surface area (Å²) in [6.45, 7) is 2.90. The van der Waals surface area contributed by atoms with Crippen molar-refractivity contribution in [3.63, 3.8) is 0 Å². The summed E-state index contributed by atoms with van der Waals surface area (Å²) in [5.41, 5.74) is 1.05. The highest BCUT2D eigenvalue weighted by Gasteiger charge is 2.18. The second kappa shape index (κ2) is 7.33. The highest BCUT2D eigenvalue weighted by Crippen LogP contribution is 2.06. The molecule has 0 unspecified atom stereocenters. The van der Waals surface area contributed by atoms with Crippen LogP contribution in [0.5, 0.6) is 0 Å². The van der Waals surface area contributed by atoms with Gasteiger partial charge < -0.3 is 10.6 Å². The molecule has 0 saturated carbocycles. The molecule has 1 aromatic heterocycles. The Morgan fingerprint density at radius 1 is 1.45 bits per heavy atom. The summed E-state index contributed by atoms with van der Waals surface area (Å²) in [6, 6.07) is 6.26. The van der Waals surface area contributed by atoms with E-state index in [1.807, 2.05) is 0 Å². The smallest absolute Gasteiger partial charge is 0.273 e. The predicted molar refractivity (Wildman–Crippen MR) is 81.5 cm³/mol. The number of rotatable bonds is 5. The van der Waals surface area contributed by atoms with E-state index in [0.717, 1.165) is 18.7 Å². The van der Waals surface area contributed by atoms with Gasteiger partial charge in [-0.2, -0.15) is 0 Å². The van der Waals surface area contributed by atoms with Crippen molar-refractivity contribution < 1.29 is 9.18 Å². The molecule has 118 valence electrons. The summed E-state index contributed by atoms with van der Waals surface area (Å²) in [7, 11) is 0. The number of nitrogens with zero attached hydrogens (tertiary/aromatic N) is 3. The SMILES string of the molecule is Cl.O=C(NCC1CNC1)c1cn(Cc2cccc(F)c2)nn1. The number of aromatic nitrogens is 3. The molecular weight excluding hydrogens is 309 g/mol. The van der Waals surface area contributed by atoms with Crippen molar-refractivity contribution in [2.24, 2.45) is 5.92 Å². The van der Waals surface area contributed by atoms with Crippen LogP contribution in [0.4, 0.5) is 4.39 Å². The molecule has 0 spiro atoms. The lowest BCUT2D eigenvalue weighted by molar-refractivity contribution is 0.0937. The van der Waals surface area contributed by atoms with E-state index in [1.165, 1.54) is 16.8 Å². The molecule has 0 aliphatic carbocycles. The van der Waals surface area contributed by atoms with E-state index < -0.39 is 0 Å². The Morgan fingerprint density at radius 3 is 2.95 bits per heavy atom. The molecule has 3 rings (SSSR count). The van der Waals surface area contributed by atoms with Gasteiger partial charge >= 0.3 is 0 Å². The van der Waals surface area contributed by atoms with E-state index in [0.29, 0.717) is 19.0 Å². The van der Waals surface area contributed by atoms with Gasteiger partial charge in [0.1, 0.15) is 5.82 Å². The number of carbonyl (C=O) groups excluding carboxylic acids is 1. The van der Waals surface area contributed by atoms with Crippen LogP contribution < -0.4 is 10.6 Å². The molecule has 2 N–H and O–H groups in total. The third-order valence-corrected chi connectivity index (χ3v) is 3.42. The minimum atomic E-state index is -0.292. The van der Waals surface area contributed by atoms with E-state index in [1.54, 1.807) is 18.3 Å². The number of halogens is 2. The van der Waals surface area contributed by atoms with E-state index in [2.05, 4.69) is 20.9 Å². The minimum absolute atomic E-state index is 0. The second-order valence-electron chi connectivity index (χ2n) is 5.17. The van der Waals surface area contributed by atoms with Crippen molar-refractivity contribution in [2.75, 3.05) is 19.6 Å². The number of benzene rings is 1. The number of hydrogen-bond donors (Lipinski definition) is 2. The molecular formula is C14H17ClFN5O. The van der Waals surface area contributed by atoms with Crippen LogP contribution in [0.15, 0.2) is 30.5 Å². The first kappa shape index (κ1) is 16.4. The van der Waals surface area contributed by atoms with Gasteiger partial charge in [0.2, 0.25) is 0 Å². The van der Waals surface area contributed by atoms with Gasteiger partial charge in [-0.1, -0.05) is 17.3 Å². The highest BCUT2D eigenvalue weighted by atomic mass is 35.5. The topological polar surface area (TPSA) is 71.8 Å². The highest BCUT2D eigenvalue weighted by molar-refractivity contribution is 5.91. The van der Waals surface area contributed by atoms with Gasteiger partial charge in [-0.15, -0.1) is 17.5 Å². The Kier molecular flexibility index (Phi) is 5.46. The molecule has 0 atom stereocenters. The molecule has 8 heteroatoms. The van der Waals surface area contributed by atoms with Gasteiger partial charge in [0.15, 0.2) is 5.69 Å². The van der Waals surface area contributed by atoms with Crippen LogP contribution in [0.25, 0.3) is 0 Å². The molecule has 22 heavy (non-hydrogen) atoms. The molecule has 1 aliphatic rings. The van der Waals surface area contributed by atoms with Gasteiger partial charge in [0, 0.05) is 25.6 Å². The number of amides is 1. The summed E-state index contributed by atoms with van der Waals surface area (Å²) in [4.78, 5) is 11.9. The normalized spacial score (nSPS) is 14.0. The maximum Gasteiger partial charge on any atom is 0.273 e. The Hall–Kier alpha value is -1.99. The standard InChI is InChI=1S/C14H16FN5O.ClH/c15-12-3-1-2-10(4-12)8-20-9-13(18-19-20)14(21)17-7-11-5-16-6-11;/h1-4,9,11,16H,5-8H2,(H,17,21);1H. The first-order valence-electron chi connectivity index (χ1n) is 6.84. The summed E-state index contributed by atoms with van der Waals surface area (Å²) in [6.07, 6.45) is 1.57. The van der Waals surface area contributed by atoms with Crippen LogP contribution in [0.2, 0.25) is 0 Å². The van der Waals surface area contributed by atoms with E-state index in [-0.39, 0.29) is 29.8 Å². The molecule has 6 nitrogen and oxygen atoms in total. The van der Waals surface area contributed by atoms with Crippen LogP contribution in [-0.2, 0) is 6.54 Å². The van der Waals surface area contributed by atoms with Crippen LogP contribution >= 0.6 is 12.4 Å². The third-order valence-electron chi connectivity index (χ3n) is 3.42. The van der Waals surface area contributed by atoms with Gasteiger partial charge in [-0.25, -0.2) is 9.07 Å². The van der Waals surface area contributed by atoms with E-state index in [4.69, 9.17) is 0 Å². The number of carbonyl (C=O) groups is 1. The lowest BCUT2D eigenvalue weighted by Crippen LogP contribution is -2.48. The zero-order chi connectivity index (χ0) is 14.7. The van der Waals surface area contributed by atoms with Gasteiger partial charge in [-0.3, -0.25) is 4.79 Å². The molecule has 1 fully saturated rings. The maximum atomic E-state index is 13.1. The predicted octanol–water partition coefficient (Wildman–Crippen LogP) is 0.836. The van der Waals surface area contributed by atoms with Gasteiger partial charge in [-0.05, 0) is 17.7 Å². The molecule has 1 amide bonds. The first-order chi connectivity index (χ1) is 10.2. The van der Waals surface area contributed by atoms with Crippen LogP contribution in [0.3, 0.4) is 0 Å². The quantitative estimate of drug-likeness (QED) is 0.854. The van der Waals surface area contributed by atoms with Gasteiger partial charge in [0.25, 0.3) is 5.91 Å². The van der Waals surface area contributed by atoms with Crippen molar-refractivity contribution in [1.82, 2.24) is 25.6 Å². The van der Waals surface area contributed by atoms with E-state index in [9.17, 15) is 9.18 Å². The fourth-order valence-corrected chi connectivity index (χ4v) is 2.12. The Balaban J connectivity index is 0.00000176. The van der Waals surface area contributed by atoms with Crippen LogP contribution in [-0.4, -0.2) is 40.5 Å².